The summed E-state index contributed by atoms with van der Waals surface area (Å²) in [6.07, 6.45) is 7.40. The predicted octanol–water partition coefficient (Wildman–Crippen LogP) is 4.09. The van der Waals surface area contributed by atoms with Gasteiger partial charge in [-0.05, 0) is 49.7 Å². The van der Waals surface area contributed by atoms with E-state index in [0.29, 0.717) is 28.9 Å². The van der Waals surface area contributed by atoms with Gasteiger partial charge in [0.1, 0.15) is 11.5 Å². The fourth-order valence-electron chi connectivity index (χ4n) is 3.10. The Hall–Kier alpha value is -2.61. The van der Waals surface area contributed by atoms with Gasteiger partial charge in [-0.15, -0.1) is 24.8 Å². The van der Waals surface area contributed by atoms with Crippen LogP contribution in [-0.2, 0) is 0 Å². The van der Waals surface area contributed by atoms with Gasteiger partial charge < -0.3 is 15.4 Å². The Balaban J connectivity index is 0.00000150. The minimum Gasteiger partial charge on any atom is -0.457 e. The van der Waals surface area contributed by atoms with Gasteiger partial charge in [0, 0.05) is 36.9 Å². The van der Waals surface area contributed by atoms with Crippen molar-refractivity contribution >= 4 is 36.4 Å². The van der Waals surface area contributed by atoms with Gasteiger partial charge in [0.15, 0.2) is 5.69 Å². The summed E-state index contributed by atoms with van der Waals surface area (Å²) in [6.45, 7) is 1.93. The zero-order valence-electron chi connectivity index (χ0n) is 15.7. The second-order valence-corrected chi connectivity index (χ2v) is 6.45. The number of anilines is 1. The lowest BCUT2D eigenvalue weighted by Gasteiger charge is -2.22. The van der Waals surface area contributed by atoms with E-state index < -0.39 is 0 Å². The Morgan fingerprint density at radius 1 is 1.14 bits per heavy atom. The lowest BCUT2D eigenvalue weighted by atomic mass is 10.1. The molecular weight excluding hydrogens is 413 g/mol. The molecular formula is C20H23Cl2N5O2. The average molecular weight is 436 g/mol. The van der Waals surface area contributed by atoms with Gasteiger partial charge in [-0.3, -0.25) is 14.5 Å². The quantitative estimate of drug-likeness (QED) is 0.630. The van der Waals surface area contributed by atoms with Crippen molar-refractivity contribution in [2.24, 2.45) is 0 Å². The van der Waals surface area contributed by atoms with Gasteiger partial charge in [-0.2, -0.15) is 5.10 Å². The number of aromatic nitrogens is 3. The number of carbonyl (C=O) groups is 1. The minimum atomic E-state index is -0.237. The van der Waals surface area contributed by atoms with E-state index in [1.165, 1.54) is 0 Å². The highest BCUT2D eigenvalue weighted by Gasteiger charge is 2.17. The van der Waals surface area contributed by atoms with Gasteiger partial charge in [0.05, 0.1) is 6.04 Å². The van der Waals surface area contributed by atoms with Gasteiger partial charge in [0.2, 0.25) is 0 Å². The van der Waals surface area contributed by atoms with E-state index in [9.17, 15) is 4.79 Å². The van der Waals surface area contributed by atoms with Crippen LogP contribution in [0.3, 0.4) is 0 Å². The molecule has 1 amide bonds. The molecule has 1 aliphatic rings. The second-order valence-electron chi connectivity index (χ2n) is 6.45. The molecule has 1 unspecified atom stereocenters. The molecule has 1 atom stereocenters. The topological polar surface area (TPSA) is 81.1 Å². The van der Waals surface area contributed by atoms with Crippen LogP contribution in [0.15, 0.2) is 61.1 Å². The van der Waals surface area contributed by atoms with Crippen LogP contribution in [0.5, 0.6) is 11.5 Å². The summed E-state index contributed by atoms with van der Waals surface area (Å²) in [5, 5.41) is 10.7. The number of rotatable bonds is 5. The summed E-state index contributed by atoms with van der Waals surface area (Å²) in [5.41, 5.74) is 1.06. The van der Waals surface area contributed by atoms with E-state index in [1.807, 2.05) is 29.1 Å². The van der Waals surface area contributed by atoms with Crippen molar-refractivity contribution in [2.45, 2.75) is 18.9 Å². The maximum Gasteiger partial charge on any atom is 0.276 e. The summed E-state index contributed by atoms with van der Waals surface area (Å²) in [6, 6.07) is 12.9. The molecule has 4 rings (SSSR count). The number of ether oxygens (including phenoxy) is 1. The Kier molecular flexibility index (Phi) is 8.45. The molecule has 3 heterocycles. The highest BCUT2D eigenvalue weighted by Crippen LogP contribution is 2.24. The van der Waals surface area contributed by atoms with E-state index in [0.717, 1.165) is 25.9 Å². The zero-order valence-corrected chi connectivity index (χ0v) is 17.3. The van der Waals surface area contributed by atoms with Gasteiger partial charge in [0.25, 0.3) is 5.91 Å². The number of pyridine rings is 1. The first-order chi connectivity index (χ1) is 13.3. The van der Waals surface area contributed by atoms with Crippen LogP contribution in [0.25, 0.3) is 0 Å². The van der Waals surface area contributed by atoms with Crippen LogP contribution >= 0.6 is 24.8 Å². The molecule has 0 radical (unpaired) electrons. The van der Waals surface area contributed by atoms with Crippen LogP contribution in [0.1, 0.15) is 29.4 Å². The number of amides is 1. The lowest BCUT2D eigenvalue weighted by molar-refractivity contribution is 0.102. The molecule has 0 aliphatic carbocycles. The standard InChI is InChI=1S/C20H21N5O2.2ClH/c26-20(19-8-12-25(24-19)16-4-2-9-22-14-16)23-15-3-1-5-18(13-15)27-17-6-10-21-11-7-17;;/h1,3,5-8,10-13,16,22H,2,4,9,14H2,(H,23,26);2*1H. The highest BCUT2D eigenvalue weighted by atomic mass is 35.5. The molecule has 154 valence electrons. The van der Waals surface area contributed by atoms with Crippen molar-refractivity contribution in [2.75, 3.05) is 18.4 Å². The maximum absolute atomic E-state index is 12.5. The third-order valence-electron chi connectivity index (χ3n) is 4.46. The number of nitrogens with zero attached hydrogens (tertiary/aromatic N) is 3. The molecule has 9 heteroatoms. The number of hydrogen-bond donors (Lipinski definition) is 2. The van der Waals surface area contributed by atoms with Crippen LogP contribution in [0, 0.1) is 0 Å². The number of nitrogens with one attached hydrogen (secondary N) is 2. The van der Waals surface area contributed by atoms with E-state index in [4.69, 9.17) is 4.74 Å². The molecule has 7 nitrogen and oxygen atoms in total. The largest absolute Gasteiger partial charge is 0.457 e. The molecule has 0 spiro atoms. The maximum atomic E-state index is 12.5. The fraction of sp³-hybridized carbons (Fsp3) is 0.250. The lowest BCUT2D eigenvalue weighted by Crippen LogP contribution is -2.32. The molecule has 1 aromatic carbocycles. The Labute approximate surface area is 181 Å². The van der Waals surface area contributed by atoms with E-state index in [-0.39, 0.29) is 30.7 Å². The first-order valence-electron chi connectivity index (χ1n) is 9.03. The van der Waals surface area contributed by atoms with E-state index in [1.54, 1.807) is 36.7 Å². The Morgan fingerprint density at radius 3 is 2.72 bits per heavy atom. The molecule has 1 aliphatic heterocycles. The summed E-state index contributed by atoms with van der Waals surface area (Å²) < 4.78 is 7.65. The van der Waals surface area contributed by atoms with E-state index >= 15 is 0 Å². The number of benzene rings is 1. The first-order valence-corrected chi connectivity index (χ1v) is 9.03. The smallest absolute Gasteiger partial charge is 0.276 e. The van der Waals surface area contributed by atoms with Crippen molar-refractivity contribution in [3.63, 3.8) is 0 Å². The van der Waals surface area contributed by atoms with Gasteiger partial charge >= 0.3 is 0 Å². The van der Waals surface area contributed by atoms with Gasteiger partial charge in [-0.1, -0.05) is 6.07 Å². The van der Waals surface area contributed by atoms with Crippen molar-refractivity contribution in [1.29, 1.82) is 0 Å². The second kappa shape index (κ2) is 10.8. The van der Waals surface area contributed by atoms with Gasteiger partial charge in [-0.25, -0.2) is 0 Å². The Bertz CT molecular complexity index is 914. The SMILES string of the molecule is Cl.Cl.O=C(Nc1cccc(Oc2ccncc2)c1)c1ccn(C2CCCNC2)n1. The van der Waals surface area contributed by atoms with Crippen LogP contribution in [0.4, 0.5) is 5.69 Å². The number of piperidine rings is 1. The average Bonchev–Trinajstić information content (AvgIpc) is 3.20. The summed E-state index contributed by atoms with van der Waals surface area (Å²) >= 11 is 0. The molecule has 1 fully saturated rings. The van der Waals surface area contributed by atoms with E-state index in [2.05, 4.69) is 20.7 Å². The van der Waals surface area contributed by atoms with Crippen molar-refractivity contribution in [3.05, 3.63) is 66.7 Å². The molecule has 1 saturated heterocycles. The molecule has 0 bridgehead atoms. The number of hydrogen-bond acceptors (Lipinski definition) is 5. The van der Waals surface area contributed by atoms with Crippen molar-refractivity contribution < 1.29 is 9.53 Å². The third-order valence-corrected chi connectivity index (χ3v) is 4.46. The van der Waals surface area contributed by atoms with Crippen LogP contribution in [0.2, 0.25) is 0 Å². The zero-order chi connectivity index (χ0) is 18.5. The van der Waals surface area contributed by atoms with Crippen LogP contribution < -0.4 is 15.4 Å². The summed E-state index contributed by atoms with van der Waals surface area (Å²) in [7, 11) is 0. The number of carbonyl (C=O) groups excluding carboxylic acids is 1. The van der Waals surface area contributed by atoms with Crippen molar-refractivity contribution in [3.8, 4) is 11.5 Å². The molecule has 0 saturated carbocycles. The molecule has 29 heavy (non-hydrogen) atoms. The van der Waals surface area contributed by atoms with Crippen molar-refractivity contribution in [1.82, 2.24) is 20.1 Å². The first kappa shape index (κ1) is 22.7. The van der Waals surface area contributed by atoms with Crippen LogP contribution in [-0.4, -0.2) is 33.8 Å². The predicted molar refractivity (Wildman–Crippen MR) is 117 cm³/mol. The Morgan fingerprint density at radius 2 is 1.97 bits per heavy atom. The summed E-state index contributed by atoms with van der Waals surface area (Å²) in [4.78, 5) is 16.5. The number of halogens is 2. The summed E-state index contributed by atoms with van der Waals surface area (Å²) in [5.74, 6) is 1.09. The molecule has 3 aromatic rings. The minimum absolute atomic E-state index is 0. The fourth-order valence-corrected chi connectivity index (χ4v) is 3.10. The molecule has 2 N–H and O–H groups in total. The monoisotopic (exact) mass is 435 g/mol. The highest BCUT2D eigenvalue weighted by molar-refractivity contribution is 6.02. The third kappa shape index (κ3) is 5.93. The molecule has 2 aromatic heterocycles. The normalized spacial score (nSPS) is 15.5.